The molecule has 0 atom stereocenters. The predicted molar refractivity (Wildman–Crippen MR) is 202 cm³/mol. The molecule has 0 amide bonds. The molecule has 1 saturated carbocycles. The molecular weight excluding hydrogens is 583 g/mol. The van der Waals surface area contributed by atoms with Gasteiger partial charge in [-0.2, -0.15) is 0 Å². The molecule has 5 aromatic carbocycles. The summed E-state index contributed by atoms with van der Waals surface area (Å²) in [4.78, 5) is 4.42. The van der Waals surface area contributed by atoms with Crippen LogP contribution in [0.4, 0.5) is 0 Å². The largest absolute Gasteiger partial charge is 0.326 e. The Bertz CT molecular complexity index is 1660. The van der Waals surface area contributed by atoms with Crippen molar-refractivity contribution in [1.29, 1.82) is 0 Å². The lowest BCUT2D eigenvalue weighted by atomic mass is 9.37. The summed E-state index contributed by atoms with van der Waals surface area (Å²) in [7, 11) is 0.540. The van der Waals surface area contributed by atoms with Crippen LogP contribution in [0.1, 0.15) is 62.1 Å². The molecule has 0 aliphatic heterocycles. The van der Waals surface area contributed by atoms with Crippen LogP contribution in [0.2, 0.25) is 5.82 Å². The quantitative estimate of drug-likeness (QED) is 0.0931. The molecule has 0 spiro atoms. The van der Waals surface area contributed by atoms with Gasteiger partial charge in [0.1, 0.15) is 9.52 Å². The maximum Gasteiger partial charge on any atom is 0.212 e. The van der Waals surface area contributed by atoms with Crippen molar-refractivity contribution >= 4 is 32.3 Å². The predicted octanol–water partition coefficient (Wildman–Crippen LogP) is 8.24. The lowest BCUT2D eigenvalue weighted by Gasteiger charge is -2.36. The van der Waals surface area contributed by atoms with Crippen molar-refractivity contribution in [2.75, 3.05) is 0 Å². The minimum absolute atomic E-state index is 0.320. The zero-order valence-corrected chi connectivity index (χ0v) is 28.6. The molecule has 0 saturated heterocycles. The van der Waals surface area contributed by atoms with Gasteiger partial charge in [-0.15, -0.1) is 0 Å². The summed E-state index contributed by atoms with van der Waals surface area (Å²) in [5.41, 5.74) is 6.95. The Morgan fingerprint density at radius 3 is 1.77 bits per heavy atom. The molecule has 7 rings (SSSR count). The molecule has 0 bridgehead atoms. The molecule has 1 aliphatic rings. The smallest absolute Gasteiger partial charge is 0.212 e. The maximum atomic E-state index is 4.42. The van der Waals surface area contributed by atoms with E-state index in [1.165, 1.54) is 71.3 Å². The van der Waals surface area contributed by atoms with Crippen LogP contribution in [0.3, 0.4) is 0 Å². The molecule has 234 valence electrons. The van der Waals surface area contributed by atoms with Gasteiger partial charge in [0.15, 0.2) is 0 Å². The Kier molecular flexibility index (Phi) is 11.4. The number of imidazole rings is 1. The standard InChI is InChI=1S/C28H30N2Si.C15H15B/c1-2-3-4-7-13-24-14-12-19-27(22-24)31-28(30-21-20-29-23-30,25-15-8-5-9-16-25)26-17-10-6-11-18-26;1-3-7-13(8-4-1)16(15-11-12-15)14-9-5-2-6-10-14/h5-6,8-12,14-23H,2-4,7,13H2,1H3;1-10,15H,11-12H2. The number of nitrogens with zero attached hydrogens (tertiary/aromatic N) is 2. The van der Waals surface area contributed by atoms with Gasteiger partial charge in [-0.3, -0.25) is 0 Å². The average Bonchev–Trinajstić information content (AvgIpc) is 3.81. The highest BCUT2D eigenvalue weighted by atomic mass is 28.2. The van der Waals surface area contributed by atoms with Gasteiger partial charge in [0.25, 0.3) is 0 Å². The summed E-state index contributed by atoms with van der Waals surface area (Å²) in [5.74, 6) is 0.866. The minimum atomic E-state index is -0.320. The van der Waals surface area contributed by atoms with Crippen molar-refractivity contribution in [3.63, 3.8) is 0 Å². The van der Waals surface area contributed by atoms with Gasteiger partial charge in [-0.25, -0.2) is 4.98 Å². The van der Waals surface area contributed by atoms with Crippen molar-refractivity contribution in [3.05, 3.63) is 181 Å². The summed E-state index contributed by atoms with van der Waals surface area (Å²) in [6.45, 7) is 2.88. The van der Waals surface area contributed by atoms with Crippen molar-refractivity contribution in [1.82, 2.24) is 9.55 Å². The third kappa shape index (κ3) is 8.31. The zero-order valence-electron chi connectivity index (χ0n) is 27.6. The third-order valence-electron chi connectivity index (χ3n) is 9.26. The molecule has 1 heterocycles. The topological polar surface area (TPSA) is 17.8 Å². The van der Waals surface area contributed by atoms with E-state index in [0.717, 1.165) is 12.2 Å². The highest BCUT2D eigenvalue weighted by Crippen LogP contribution is 2.38. The second-order valence-corrected chi connectivity index (χ2v) is 14.2. The molecule has 1 aliphatic carbocycles. The number of hydrogen-bond donors (Lipinski definition) is 0. The van der Waals surface area contributed by atoms with Crippen molar-refractivity contribution < 1.29 is 0 Å². The van der Waals surface area contributed by atoms with E-state index in [0.29, 0.717) is 16.2 Å². The molecule has 0 unspecified atom stereocenters. The fourth-order valence-corrected chi connectivity index (χ4v) is 8.48. The van der Waals surface area contributed by atoms with Gasteiger partial charge in [0, 0.05) is 12.4 Å². The fraction of sp³-hybridized carbons (Fsp3) is 0.233. The Labute approximate surface area is 284 Å². The number of unbranched alkanes of at least 4 members (excludes halogenated alkanes) is 3. The molecular formula is C43H45BN2Si. The molecule has 2 radical (unpaired) electrons. The van der Waals surface area contributed by atoms with Gasteiger partial charge in [-0.05, 0) is 29.5 Å². The van der Waals surface area contributed by atoms with Crippen LogP contribution in [-0.2, 0) is 11.6 Å². The van der Waals surface area contributed by atoms with E-state index in [2.05, 4.69) is 168 Å². The van der Waals surface area contributed by atoms with E-state index in [9.17, 15) is 0 Å². The van der Waals surface area contributed by atoms with Crippen LogP contribution in [0.5, 0.6) is 0 Å². The van der Waals surface area contributed by atoms with Crippen LogP contribution >= 0.6 is 0 Å². The average molecular weight is 629 g/mol. The lowest BCUT2D eigenvalue weighted by Crippen LogP contribution is -2.46. The van der Waals surface area contributed by atoms with Crippen molar-refractivity contribution in [2.45, 2.75) is 62.8 Å². The van der Waals surface area contributed by atoms with E-state index in [-0.39, 0.29) is 5.16 Å². The first-order chi connectivity index (χ1) is 23.3. The summed E-state index contributed by atoms with van der Waals surface area (Å²) >= 11 is 0. The van der Waals surface area contributed by atoms with Gasteiger partial charge < -0.3 is 4.57 Å². The first-order valence-electron chi connectivity index (χ1n) is 17.3. The van der Waals surface area contributed by atoms with Crippen molar-refractivity contribution in [3.8, 4) is 0 Å². The van der Waals surface area contributed by atoms with E-state index in [4.69, 9.17) is 0 Å². The third-order valence-corrected chi connectivity index (χ3v) is 11.1. The maximum absolute atomic E-state index is 4.42. The number of hydrogen-bond acceptors (Lipinski definition) is 1. The SMILES string of the molecule is CCCCCCc1cccc([Si]C(c2ccccc2)(c2ccccc2)n2ccnc2)c1.c1ccc(B(c2ccccc2)C2CC2)cc1. The van der Waals surface area contributed by atoms with Gasteiger partial charge in [0.05, 0.1) is 11.5 Å². The molecule has 6 aromatic rings. The second kappa shape index (κ2) is 16.4. The molecule has 4 heteroatoms. The second-order valence-electron chi connectivity index (χ2n) is 12.7. The fourth-order valence-electron chi connectivity index (χ4n) is 6.75. The van der Waals surface area contributed by atoms with Gasteiger partial charge in [-0.1, -0.05) is 207 Å². The highest BCUT2D eigenvalue weighted by Gasteiger charge is 2.37. The summed E-state index contributed by atoms with van der Waals surface area (Å²) in [5, 5.41) is 1.06. The monoisotopic (exact) mass is 628 g/mol. The highest BCUT2D eigenvalue weighted by molar-refractivity contribution is 6.86. The number of aryl methyl sites for hydroxylation is 1. The Morgan fingerprint density at radius 1 is 0.681 bits per heavy atom. The minimum Gasteiger partial charge on any atom is -0.326 e. The normalized spacial score (nSPS) is 12.6. The van der Waals surface area contributed by atoms with Gasteiger partial charge >= 0.3 is 0 Å². The van der Waals surface area contributed by atoms with Crippen LogP contribution in [0.15, 0.2) is 164 Å². The number of rotatable bonds is 13. The summed E-state index contributed by atoms with van der Waals surface area (Å²) in [6.07, 6.45) is 15.1. The van der Waals surface area contributed by atoms with Crippen molar-refractivity contribution in [2.24, 2.45) is 0 Å². The zero-order chi connectivity index (χ0) is 32.2. The lowest BCUT2D eigenvalue weighted by molar-refractivity contribution is 0.596. The van der Waals surface area contributed by atoms with Crippen LogP contribution in [0, 0.1) is 0 Å². The van der Waals surface area contributed by atoms with Crippen LogP contribution in [-0.4, -0.2) is 25.8 Å². The summed E-state index contributed by atoms with van der Waals surface area (Å²) in [6, 6.07) is 52.7. The molecule has 1 aromatic heterocycles. The molecule has 47 heavy (non-hydrogen) atoms. The van der Waals surface area contributed by atoms with E-state index < -0.39 is 0 Å². The summed E-state index contributed by atoms with van der Waals surface area (Å²) < 4.78 is 2.28. The van der Waals surface area contributed by atoms with E-state index >= 15 is 0 Å². The van der Waals surface area contributed by atoms with E-state index in [1.54, 1.807) is 0 Å². The molecule has 0 N–H and O–H groups in total. The van der Waals surface area contributed by atoms with Crippen LogP contribution < -0.4 is 16.1 Å². The van der Waals surface area contributed by atoms with E-state index in [1.807, 2.05) is 12.5 Å². The number of aromatic nitrogens is 2. The Morgan fingerprint density at radius 2 is 1.26 bits per heavy atom. The van der Waals surface area contributed by atoms with Crippen LogP contribution in [0.25, 0.3) is 0 Å². The Hall–Kier alpha value is -4.41. The first kappa shape index (κ1) is 32.5. The Balaban J connectivity index is 0.000000201. The molecule has 2 nitrogen and oxygen atoms in total. The molecule has 1 fully saturated rings. The number of benzene rings is 5. The first-order valence-corrected chi connectivity index (χ1v) is 18.3. The van der Waals surface area contributed by atoms with Gasteiger partial charge in [0.2, 0.25) is 6.71 Å².